The molecule has 1 aliphatic rings. The smallest absolute Gasteiger partial charge is 0.0963 e. The minimum absolute atomic E-state index is 0.174. The molecule has 12 heavy (non-hydrogen) atoms. The number of epoxide rings is 1. The quantitative estimate of drug-likeness (QED) is 0.674. The number of hydrogen-bond donors (Lipinski definition) is 1. The fraction of sp³-hybridized carbons (Fsp3) is 0.400. The summed E-state index contributed by atoms with van der Waals surface area (Å²) in [4.78, 5) is 0. The second-order valence-electron chi connectivity index (χ2n) is 3.23. The molecule has 0 radical (unpaired) electrons. The number of hydrogen-bond acceptors (Lipinski definition) is 2. The highest BCUT2D eigenvalue weighted by atomic mass is 16.6. The van der Waals surface area contributed by atoms with E-state index in [0.29, 0.717) is 6.10 Å². The van der Waals surface area contributed by atoms with Crippen LogP contribution in [0.1, 0.15) is 5.56 Å². The van der Waals surface area contributed by atoms with Crippen LogP contribution in [0.3, 0.4) is 0 Å². The van der Waals surface area contributed by atoms with Crippen molar-refractivity contribution in [1.29, 1.82) is 0 Å². The summed E-state index contributed by atoms with van der Waals surface area (Å²) in [7, 11) is 0. The van der Waals surface area contributed by atoms with Crippen molar-refractivity contribution < 1.29 is 4.74 Å². The maximum absolute atomic E-state index is 5.89. The van der Waals surface area contributed by atoms with Crippen LogP contribution in [-0.2, 0) is 11.2 Å². The molecule has 0 spiro atoms. The lowest BCUT2D eigenvalue weighted by Gasteiger charge is -2.07. The van der Waals surface area contributed by atoms with E-state index in [1.165, 1.54) is 5.56 Å². The first-order valence-electron chi connectivity index (χ1n) is 4.27. The molecule has 1 fully saturated rings. The summed E-state index contributed by atoms with van der Waals surface area (Å²) in [6, 6.07) is 10.5. The average molecular weight is 163 g/mol. The fourth-order valence-electron chi connectivity index (χ4n) is 1.32. The average Bonchev–Trinajstić information content (AvgIpc) is 2.88. The fourth-order valence-corrected chi connectivity index (χ4v) is 1.32. The Labute approximate surface area is 72.3 Å². The molecule has 1 aliphatic heterocycles. The number of nitrogens with two attached hydrogens (primary N) is 1. The van der Waals surface area contributed by atoms with E-state index in [1.807, 2.05) is 18.2 Å². The van der Waals surface area contributed by atoms with Crippen LogP contribution >= 0.6 is 0 Å². The van der Waals surface area contributed by atoms with Gasteiger partial charge >= 0.3 is 0 Å². The van der Waals surface area contributed by atoms with Gasteiger partial charge in [-0.25, -0.2) is 0 Å². The lowest BCUT2D eigenvalue weighted by molar-refractivity contribution is 0.371. The van der Waals surface area contributed by atoms with Crippen molar-refractivity contribution >= 4 is 0 Å². The molecule has 0 amide bonds. The Morgan fingerprint density at radius 2 is 2.08 bits per heavy atom. The van der Waals surface area contributed by atoms with Crippen LogP contribution in [0.5, 0.6) is 0 Å². The summed E-state index contributed by atoms with van der Waals surface area (Å²) in [6.07, 6.45) is 1.23. The third kappa shape index (κ3) is 1.84. The van der Waals surface area contributed by atoms with Crippen molar-refractivity contribution in [3.05, 3.63) is 35.9 Å². The first-order chi connectivity index (χ1) is 5.86. The zero-order valence-electron chi connectivity index (χ0n) is 6.94. The van der Waals surface area contributed by atoms with Gasteiger partial charge in [0.05, 0.1) is 12.7 Å². The van der Waals surface area contributed by atoms with E-state index in [1.54, 1.807) is 0 Å². The number of rotatable bonds is 3. The van der Waals surface area contributed by atoms with Gasteiger partial charge in [-0.1, -0.05) is 30.3 Å². The van der Waals surface area contributed by atoms with Crippen LogP contribution in [0.15, 0.2) is 30.3 Å². The Bertz CT molecular complexity index is 243. The van der Waals surface area contributed by atoms with Gasteiger partial charge in [0.2, 0.25) is 0 Å². The summed E-state index contributed by atoms with van der Waals surface area (Å²) in [5.41, 5.74) is 7.18. The standard InChI is InChI=1S/C10H13NO/c11-9(10-7-12-10)6-8-4-2-1-3-5-8/h1-5,9-10H,6-7,11H2/t9-,10-/m0/s1. The van der Waals surface area contributed by atoms with Gasteiger partial charge in [-0.15, -0.1) is 0 Å². The van der Waals surface area contributed by atoms with Gasteiger partial charge in [-0.3, -0.25) is 0 Å². The Morgan fingerprint density at radius 3 is 2.67 bits per heavy atom. The van der Waals surface area contributed by atoms with E-state index in [2.05, 4.69) is 12.1 Å². The lowest BCUT2D eigenvalue weighted by atomic mass is 10.0. The Hall–Kier alpha value is -0.860. The van der Waals surface area contributed by atoms with Gasteiger partial charge in [-0.05, 0) is 12.0 Å². The summed E-state index contributed by atoms with van der Waals surface area (Å²) in [5, 5.41) is 0. The van der Waals surface area contributed by atoms with Gasteiger partial charge in [0, 0.05) is 6.04 Å². The highest BCUT2D eigenvalue weighted by Crippen LogP contribution is 2.15. The van der Waals surface area contributed by atoms with Crippen molar-refractivity contribution in [2.75, 3.05) is 6.61 Å². The van der Waals surface area contributed by atoms with Crippen LogP contribution in [0.25, 0.3) is 0 Å². The second-order valence-corrected chi connectivity index (χ2v) is 3.23. The molecule has 1 aromatic rings. The van der Waals surface area contributed by atoms with Crippen LogP contribution in [0.4, 0.5) is 0 Å². The van der Waals surface area contributed by atoms with E-state index < -0.39 is 0 Å². The third-order valence-corrected chi connectivity index (χ3v) is 2.15. The van der Waals surface area contributed by atoms with Crippen LogP contribution < -0.4 is 5.73 Å². The topological polar surface area (TPSA) is 38.5 Å². The third-order valence-electron chi connectivity index (χ3n) is 2.15. The van der Waals surface area contributed by atoms with E-state index in [4.69, 9.17) is 10.5 Å². The molecule has 0 aromatic heterocycles. The maximum Gasteiger partial charge on any atom is 0.0963 e. The van der Waals surface area contributed by atoms with Gasteiger partial charge in [0.25, 0.3) is 0 Å². The van der Waals surface area contributed by atoms with Crippen molar-refractivity contribution in [2.45, 2.75) is 18.6 Å². The van der Waals surface area contributed by atoms with Crippen LogP contribution in [-0.4, -0.2) is 18.8 Å². The predicted molar refractivity (Wildman–Crippen MR) is 47.9 cm³/mol. The second kappa shape index (κ2) is 3.25. The molecular weight excluding hydrogens is 150 g/mol. The Morgan fingerprint density at radius 1 is 1.42 bits per heavy atom. The molecular formula is C10H13NO. The van der Waals surface area contributed by atoms with E-state index in [-0.39, 0.29) is 6.04 Å². The summed E-state index contributed by atoms with van der Waals surface area (Å²) < 4.78 is 5.12. The van der Waals surface area contributed by atoms with Crippen molar-refractivity contribution in [3.8, 4) is 0 Å². The first-order valence-corrected chi connectivity index (χ1v) is 4.27. The molecule has 0 saturated carbocycles. The number of ether oxygens (including phenoxy) is 1. The summed E-state index contributed by atoms with van der Waals surface area (Å²) >= 11 is 0. The predicted octanol–water partition coefficient (Wildman–Crippen LogP) is 0.955. The van der Waals surface area contributed by atoms with Gasteiger partial charge in [0.15, 0.2) is 0 Å². The SMILES string of the molecule is N[C@@H](Cc1ccccc1)[C@@H]1CO1. The zero-order chi connectivity index (χ0) is 8.39. The monoisotopic (exact) mass is 163 g/mol. The van der Waals surface area contributed by atoms with Crippen molar-refractivity contribution in [3.63, 3.8) is 0 Å². The molecule has 2 N–H and O–H groups in total. The minimum Gasteiger partial charge on any atom is -0.371 e. The molecule has 0 unspecified atom stereocenters. The lowest BCUT2D eigenvalue weighted by Crippen LogP contribution is -2.28. The molecule has 2 rings (SSSR count). The summed E-state index contributed by atoms with van der Waals surface area (Å²) in [6.45, 7) is 0.841. The molecule has 2 nitrogen and oxygen atoms in total. The highest BCUT2D eigenvalue weighted by molar-refractivity contribution is 5.16. The Balaban J connectivity index is 1.94. The largest absolute Gasteiger partial charge is 0.371 e. The summed E-state index contributed by atoms with van der Waals surface area (Å²) in [5.74, 6) is 0. The van der Waals surface area contributed by atoms with E-state index in [0.717, 1.165) is 13.0 Å². The molecule has 0 bridgehead atoms. The first kappa shape index (κ1) is 7.77. The van der Waals surface area contributed by atoms with E-state index >= 15 is 0 Å². The maximum atomic E-state index is 5.89. The van der Waals surface area contributed by atoms with Crippen LogP contribution in [0.2, 0.25) is 0 Å². The Kier molecular flexibility index (Phi) is 2.11. The van der Waals surface area contributed by atoms with Gasteiger partial charge < -0.3 is 10.5 Å². The van der Waals surface area contributed by atoms with Gasteiger partial charge in [0.1, 0.15) is 0 Å². The number of benzene rings is 1. The highest BCUT2D eigenvalue weighted by Gasteiger charge is 2.29. The van der Waals surface area contributed by atoms with Crippen molar-refractivity contribution in [1.82, 2.24) is 0 Å². The normalized spacial score (nSPS) is 23.6. The van der Waals surface area contributed by atoms with Gasteiger partial charge in [-0.2, -0.15) is 0 Å². The molecule has 0 aliphatic carbocycles. The van der Waals surface area contributed by atoms with Crippen LogP contribution in [0, 0.1) is 0 Å². The minimum atomic E-state index is 0.174. The van der Waals surface area contributed by atoms with Crippen molar-refractivity contribution in [2.24, 2.45) is 5.73 Å². The van der Waals surface area contributed by atoms with E-state index in [9.17, 15) is 0 Å². The molecule has 1 aromatic carbocycles. The molecule has 64 valence electrons. The molecule has 1 heterocycles. The zero-order valence-corrected chi connectivity index (χ0v) is 6.94. The molecule has 1 saturated heterocycles. The molecule has 2 atom stereocenters. The molecule has 2 heteroatoms.